The van der Waals surface area contributed by atoms with Crippen molar-refractivity contribution < 1.29 is 13.2 Å². The molecule has 6 heteroatoms. The predicted molar refractivity (Wildman–Crippen MR) is 76.9 cm³/mol. The second-order valence-corrected chi connectivity index (χ2v) is 6.51. The van der Waals surface area contributed by atoms with Gasteiger partial charge >= 0.3 is 6.18 Å². The number of alkyl halides is 3. The van der Waals surface area contributed by atoms with Crippen LogP contribution in [0.1, 0.15) is 56.7 Å². The van der Waals surface area contributed by atoms with Crippen LogP contribution < -0.4 is 5.73 Å². The molecule has 3 nitrogen and oxygen atoms in total. The van der Waals surface area contributed by atoms with E-state index in [4.69, 9.17) is 5.73 Å². The highest BCUT2D eigenvalue weighted by molar-refractivity contribution is 5.45. The first-order valence-corrected chi connectivity index (χ1v) is 7.59. The molecule has 0 aromatic carbocycles. The quantitative estimate of drug-likeness (QED) is 0.916. The summed E-state index contributed by atoms with van der Waals surface area (Å²) in [6.07, 6.45) is -1.27. The summed E-state index contributed by atoms with van der Waals surface area (Å²) in [5.74, 6) is -0.990. The molecule has 1 saturated carbocycles. The van der Waals surface area contributed by atoms with Crippen LogP contribution in [0.5, 0.6) is 0 Å². The molecule has 0 bridgehead atoms. The molecule has 1 aromatic rings. The molecule has 0 saturated heterocycles. The Bertz CT molecular complexity index is 491. The maximum Gasteiger partial charge on any atom is 0.392 e. The summed E-state index contributed by atoms with van der Waals surface area (Å²) in [6, 6.07) is 0. The van der Waals surface area contributed by atoms with Crippen LogP contribution in [0.15, 0.2) is 0 Å². The summed E-state index contributed by atoms with van der Waals surface area (Å²) >= 11 is 0. The van der Waals surface area contributed by atoms with E-state index in [1.807, 2.05) is 13.8 Å². The number of rotatable bonds is 3. The lowest BCUT2D eigenvalue weighted by atomic mass is 9.75. The Morgan fingerprint density at radius 3 is 2.48 bits per heavy atom. The molecule has 21 heavy (non-hydrogen) atoms. The molecule has 0 amide bonds. The van der Waals surface area contributed by atoms with E-state index in [1.165, 1.54) is 4.68 Å². The van der Waals surface area contributed by atoms with Crippen molar-refractivity contribution in [1.29, 1.82) is 0 Å². The molecule has 1 aromatic heterocycles. The van der Waals surface area contributed by atoms with Gasteiger partial charge in [0.15, 0.2) is 0 Å². The number of aryl methyl sites for hydroxylation is 1. The van der Waals surface area contributed by atoms with Gasteiger partial charge in [-0.1, -0.05) is 26.7 Å². The molecule has 2 N–H and O–H groups in total. The number of nitrogens with two attached hydrogens (primary N) is 1. The van der Waals surface area contributed by atoms with E-state index >= 15 is 0 Å². The van der Waals surface area contributed by atoms with Gasteiger partial charge in [-0.3, -0.25) is 4.68 Å². The van der Waals surface area contributed by atoms with Crippen LogP contribution in [-0.2, 0) is 13.5 Å². The Labute approximate surface area is 123 Å². The highest BCUT2D eigenvalue weighted by Gasteiger charge is 2.47. The van der Waals surface area contributed by atoms with E-state index in [9.17, 15) is 13.2 Å². The van der Waals surface area contributed by atoms with Gasteiger partial charge in [-0.25, -0.2) is 0 Å². The minimum absolute atomic E-state index is 0.200. The third-order valence-corrected chi connectivity index (χ3v) is 4.37. The van der Waals surface area contributed by atoms with Gasteiger partial charge in [0.1, 0.15) is 5.82 Å². The van der Waals surface area contributed by atoms with E-state index in [0.29, 0.717) is 36.7 Å². The van der Waals surface area contributed by atoms with Crippen molar-refractivity contribution in [2.24, 2.45) is 18.9 Å². The number of halogens is 3. The SMILES string of the molecule is CC(C)Cc1c(C2CCCCC2C(F)(F)F)nn(C)c1N. The molecule has 1 heterocycles. The monoisotopic (exact) mass is 303 g/mol. The molecule has 1 aliphatic rings. The Balaban J connectivity index is 2.41. The first-order chi connectivity index (χ1) is 9.71. The maximum absolute atomic E-state index is 13.3. The van der Waals surface area contributed by atoms with Crippen molar-refractivity contribution in [2.75, 3.05) is 5.73 Å². The van der Waals surface area contributed by atoms with Crippen LogP contribution in [0, 0.1) is 11.8 Å². The molecular formula is C15H24F3N3. The van der Waals surface area contributed by atoms with E-state index in [1.54, 1.807) is 7.05 Å². The zero-order valence-electron chi connectivity index (χ0n) is 12.9. The van der Waals surface area contributed by atoms with Crippen molar-refractivity contribution >= 4 is 5.82 Å². The van der Waals surface area contributed by atoms with Gasteiger partial charge in [0.25, 0.3) is 0 Å². The minimum atomic E-state index is -4.16. The fourth-order valence-electron chi connectivity index (χ4n) is 3.37. The van der Waals surface area contributed by atoms with Crippen LogP contribution in [0.4, 0.5) is 19.0 Å². The van der Waals surface area contributed by atoms with Crippen LogP contribution in [0.25, 0.3) is 0 Å². The van der Waals surface area contributed by atoms with Crippen LogP contribution in [0.2, 0.25) is 0 Å². The lowest BCUT2D eigenvalue weighted by molar-refractivity contribution is -0.187. The van der Waals surface area contributed by atoms with E-state index in [2.05, 4.69) is 5.10 Å². The third-order valence-electron chi connectivity index (χ3n) is 4.37. The molecule has 120 valence electrons. The molecule has 1 aliphatic carbocycles. The zero-order valence-corrected chi connectivity index (χ0v) is 12.9. The van der Waals surface area contributed by atoms with Gasteiger partial charge in [-0.15, -0.1) is 0 Å². The summed E-state index contributed by atoms with van der Waals surface area (Å²) in [6.45, 7) is 4.08. The Kier molecular flexibility index (Phi) is 4.54. The number of hydrogen-bond donors (Lipinski definition) is 1. The summed E-state index contributed by atoms with van der Waals surface area (Å²) < 4.78 is 41.5. The summed E-state index contributed by atoms with van der Waals surface area (Å²) in [4.78, 5) is 0. The second kappa shape index (κ2) is 5.89. The first-order valence-electron chi connectivity index (χ1n) is 7.59. The molecule has 2 rings (SSSR count). The third kappa shape index (κ3) is 3.35. The van der Waals surface area contributed by atoms with Crippen LogP contribution >= 0.6 is 0 Å². The standard InChI is InChI=1S/C15H24F3N3/c1-9(2)8-11-13(20-21(3)14(11)19)10-6-4-5-7-12(10)15(16,17)18/h9-10,12H,4-8,19H2,1-3H3. The zero-order chi connectivity index (χ0) is 15.8. The Morgan fingerprint density at radius 2 is 1.90 bits per heavy atom. The number of anilines is 1. The lowest BCUT2D eigenvalue weighted by Gasteiger charge is -2.32. The molecule has 0 spiro atoms. The Hall–Kier alpha value is -1.20. The Morgan fingerprint density at radius 1 is 1.29 bits per heavy atom. The molecule has 0 radical (unpaired) electrons. The number of nitrogens with zero attached hydrogens (tertiary/aromatic N) is 2. The van der Waals surface area contributed by atoms with Crippen LogP contribution in [0.3, 0.4) is 0 Å². The van der Waals surface area contributed by atoms with Crippen molar-refractivity contribution in [3.8, 4) is 0 Å². The number of aromatic nitrogens is 2. The summed E-state index contributed by atoms with van der Waals surface area (Å²) in [5.41, 5.74) is 7.42. The van der Waals surface area contributed by atoms with Crippen LogP contribution in [-0.4, -0.2) is 16.0 Å². The summed E-state index contributed by atoms with van der Waals surface area (Å²) in [5, 5.41) is 4.34. The lowest BCUT2D eigenvalue weighted by Crippen LogP contribution is -2.32. The van der Waals surface area contributed by atoms with Crippen molar-refractivity contribution in [3.63, 3.8) is 0 Å². The van der Waals surface area contributed by atoms with Gasteiger partial charge in [-0.05, 0) is 25.2 Å². The summed E-state index contributed by atoms with van der Waals surface area (Å²) in [7, 11) is 1.70. The molecule has 0 aliphatic heterocycles. The minimum Gasteiger partial charge on any atom is -0.384 e. The smallest absolute Gasteiger partial charge is 0.384 e. The van der Waals surface area contributed by atoms with E-state index < -0.39 is 18.0 Å². The van der Waals surface area contributed by atoms with Crippen molar-refractivity contribution in [2.45, 2.75) is 58.0 Å². The largest absolute Gasteiger partial charge is 0.392 e. The molecule has 2 unspecified atom stereocenters. The molecule has 2 atom stereocenters. The molecular weight excluding hydrogens is 279 g/mol. The highest BCUT2D eigenvalue weighted by Crippen LogP contribution is 2.47. The fourth-order valence-corrected chi connectivity index (χ4v) is 3.37. The van der Waals surface area contributed by atoms with Gasteiger partial charge in [-0.2, -0.15) is 18.3 Å². The van der Waals surface area contributed by atoms with Gasteiger partial charge in [0.2, 0.25) is 0 Å². The fraction of sp³-hybridized carbons (Fsp3) is 0.800. The molecule has 1 fully saturated rings. The van der Waals surface area contributed by atoms with Gasteiger partial charge in [0, 0.05) is 18.5 Å². The first kappa shape index (κ1) is 16.2. The number of hydrogen-bond acceptors (Lipinski definition) is 2. The number of nitrogen functional groups attached to an aromatic ring is 1. The predicted octanol–water partition coefficient (Wildman–Crippen LogP) is 4.04. The average molecular weight is 303 g/mol. The van der Waals surface area contributed by atoms with Gasteiger partial charge in [0.05, 0.1) is 11.6 Å². The average Bonchev–Trinajstić information content (AvgIpc) is 2.65. The maximum atomic E-state index is 13.3. The van der Waals surface area contributed by atoms with E-state index in [0.717, 1.165) is 12.0 Å². The van der Waals surface area contributed by atoms with E-state index in [-0.39, 0.29) is 6.42 Å². The van der Waals surface area contributed by atoms with Crippen molar-refractivity contribution in [3.05, 3.63) is 11.3 Å². The van der Waals surface area contributed by atoms with Gasteiger partial charge < -0.3 is 5.73 Å². The van der Waals surface area contributed by atoms with Crippen molar-refractivity contribution in [1.82, 2.24) is 9.78 Å². The topological polar surface area (TPSA) is 43.8 Å². The highest BCUT2D eigenvalue weighted by atomic mass is 19.4. The normalized spacial score (nSPS) is 23.8. The second-order valence-electron chi connectivity index (χ2n) is 6.51.